The lowest BCUT2D eigenvalue weighted by atomic mass is 10.1. The highest BCUT2D eigenvalue weighted by molar-refractivity contribution is 5.78. The van der Waals surface area contributed by atoms with E-state index in [1.165, 1.54) is 5.69 Å². The summed E-state index contributed by atoms with van der Waals surface area (Å²) in [5.41, 5.74) is 2.32. The summed E-state index contributed by atoms with van der Waals surface area (Å²) in [6.07, 6.45) is 0. The largest absolute Gasteiger partial charge is 0.486 e. The minimum Gasteiger partial charge on any atom is -0.486 e. The van der Waals surface area contributed by atoms with Crippen LogP contribution in [0.2, 0.25) is 0 Å². The highest BCUT2D eigenvalue weighted by Gasteiger charge is 2.22. The summed E-state index contributed by atoms with van der Waals surface area (Å²) in [5.74, 6) is 1.73. The van der Waals surface area contributed by atoms with Crippen LogP contribution in [0.4, 0.5) is 5.69 Å². The number of nitrogens with zero attached hydrogens (tertiary/aromatic N) is 3. The first-order chi connectivity index (χ1) is 14.2. The predicted molar refractivity (Wildman–Crippen MR) is 114 cm³/mol. The summed E-state index contributed by atoms with van der Waals surface area (Å²) >= 11 is 0. The smallest absolute Gasteiger partial charge is 0.237 e. The Kier molecular flexibility index (Phi) is 6.20. The number of fused-ring (bicyclic) bond motifs is 1. The van der Waals surface area contributed by atoms with Crippen molar-refractivity contribution < 1.29 is 14.3 Å². The van der Waals surface area contributed by atoms with E-state index in [-0.39, 0.29) is 5.91 Å². The Morgan fingerprint density at radius 3 is 2.41 bits per heavy atom. The van der Waals surface area contributed by atoms with Gasteiger partial charge in [0.25, 0.3) is 0 Å². The van der Waals surface area contributed by atoms with Crippen molar-refractivity contribution in [2.24, 2.45) is 0 Å². The molecule has 1 amide bonds. The standard InChI is InChI=1S/C23H29N3O3/c1-2-25(17-19-8-9-21-22(16-19)29-15-14-28-21)23(27)18-24-10-12-26(13-11-24)20-6-4-3-5-7-20/h3-9,16H,2,10-15,17-18H2,1H3. The SMILES string of the molecule is CCN(Cc1ccc2c(c1)OCCO2)C(=O)CN1CCN(c2ccccc2)CC1. The lowest BCUT2D eigenvalue weighted by Gasteiger charge is -2.36. The molecule has 2 heterocycles. The van der Waals surface area contributed by atoms with Gasteiger partial charge in [-0.2, -0.15) is 0 Å². The third-order valence-corrected chi connectivity index (χ3v) is 5.57. The molecule has 0 N–H and O–H groups in total. The quantitative estimate of drug-likeness (QED) is 0.752. The average Bonchev–Trinajstić information content (AvgIpc) is 2.78. The van der Waals surface area contributed by atoms with Gasteiger partial charge in [-0.15, -0.1) is 0 Å². The van der Waals surface area contributed by atoms with Gasteiger partial charge >= 0.3 is 0 Å². The zero-order valence-corrected chi connectivity index (χ0v) is 17.0. The number of piperazine rings is 1. The van der Waals surface area contributed by atoms with Gasteiger partial charge < -0.3 is 19.3 Å². The van der Waals surface area contributed by atoms with E-state index < -0.39 is 0 Å². The zero-order chi connectivity index (χ0) is 20.1. The third kappa shape index (κ3) is 4.82. The van der Waals surface area contributed by atoms with Gasteiger partial charge in [0, 0.05) is 45.0 Å². The molecule has 0 aliphatic carbocycles. The second-order valence-corrected chi connectivity index (χ2v) is 7.48. The molecule has 2 aliphatic heterocycles. The normalized spacial score (nSPS) is 16.5. The van der Waals surface area contributed by atoms with E-state index in [0.717, 1.165) is 43.2 Å². The molecule has 29 heavy (non-hydrogen) atoms. The maximum Gasteiger partial charge on any atom is 0.237 e. The Hall–Kier alpha value is -2.73. The molecule has 2 aromatic rings. The summed E-state index contributed by atoms with van der Waals surface area (Å²) in [5, 5.41) is 0. The van der Waals surface area contributed by atoms with Crippen molar-refractivity contribution in [2.75, 3.05) is 57.4 Å². The monoisotopic (exact) mass is 395 g/mol. The second kappa shape index (κ2) is 9.18. The Bertz CT molecular complexity index is 819. The number of benzene rings is 2. The van der Waals surface area contributed by atoms with Crippen LogP contribution in [0, 0.1) is 0 Å². The Morgan fingerprint density at radius 2 is 1.69 bits per heavy atom. The molecule has 4 rings (SSSR count). The maximum atomic E-state index is 12.9. The zero-order valence-electron chi connectivity index (χ0n) is 17.0. The summed E-state index contributed by atoms with van der Waals surface area (Å²) < 4.78 is 11.2. The number of anilines is 1. The van der Waals surface area contributed by atoms with Gasteiger partial charge in [0.05, 0.1) is 6.54 Å². The average molecular weight is 396 g/mol. The molecule has 0 atom stereocenters. The number of carbonyl (C=O) groups excluding carboxylic acids is 1. The van der Waals surface area contributed by atoms with Crippen molar-refractivity contribution in [1.82, 2.24) is 9.80 Å². The van der Waals surface area contributed by atoms with Crippen LogP contribution < -0.4 is 14.4 Å². The topological polar surface area (TPSA) is 45.3 Å². The molecule has 0 spiro atoms. The van der Waals surface area contributed by atoms with Gasteiger partial charge in [0.15, 0.2) is 11.5 Å². The summed E-state index contributed by atoms with van der Waals surface area (Å²) in [7, 11) is 0. The summed E-state index contributed by atoms with van der Waals surface area (Å²) in [6.45, 7) is 8.66. The lowest BCUT2D eigenvalue weighted by molar-refractivity contribution is -0.132. The number of ether oxygens (including phenoxy) is 2. The van der Waals surface area contributed by atoms with Crippen molar-refractivity contribution >= 4 is 11.6 Å². The molecule has 0 unspecified atom stereocenters. The first-order valence-corrected chi connectivity index (χ1v) is 10.4. The highest BCUT2D eigenvalue weighted by Crippen LogP contribution is 2.31. The molecular weight excluding hydrogens is 366 g/mol. The number of carbonyl (C=O) groups is 1. The Balaban J connectivity index is 1.30. The van der Waals surface area contributed by atoms with Crippen molar-refractivity contribution in [3.05, 3.63) is 54.1 Å². The summed E-state index contributed by atoms with van der Waals surface area (Å²) in [4.78, 5) is 19.5. The predicted octanol–water partition coefficient (Wildman–Crippen LogP) is 2.63. The van der Waals surface area contributed by atoms with Crippen LogP contribution in [0.1, 0.15) is 12.5 Å². The molecule has 0 aromatic heterocycles. The molecule has 2 aromatic carbocycles. The molecule has 154 valence electrons. The molecule has 6 nitrogen and oxygen atoms in total. The van der Waals surface area contributed by atoms with E-state index in [9.17, 15) is 4.79 Å². The molecule has 0 radical (unpaired) electrons. The van der Waals surface area contributed by atoms with Crippen LogP contribution in [0.3, 0.4) is 0 Å². The Morgan fingerprint density at radius 1 is 0.966 bits per heavy atom. The molecule has 0 bridgehead atoms. The molecule has 1 fully saturated rings. The van der Waals surface area contributed by atoms with E-state index in [2.05, 4.69) is 34.1 Å². The number of para-hydroxylation sites is 1. The van der Waals surface area contributed by atoms with Crippen LogP contribution in [0.5, 0.6) is 11.5 Å². The molecule has 2 aliphatic rings. The first-order valence-electron chi connectivity index (χ1n) is 10.4. The van der Waals surface area contributed by atoms with E-state index in [4.69, 9.17) is 9.47 Å². The van der Waals surface area contributed by atoms with Gasteiger partial charge in [0.1, 0.15) is 13.2 Å². The van der Waals surface area contributed by atoms with Crippen molar-refractivity contribution in [1.29, 1.82) is 0 Å². The van der Waals surface area contributed by atoms with Gasteiger partial charge in [-0.3, -0.25) is 9.69 Å². The second-order valence-electron chi connectivity index (χ2n) is 7.48. The van der Waals surface area contributed by atoms with Gasteiger partial charge in [0.2, 0.25) is 5.91 Å². The van der Waals surface area contributed by atoms with Crippen LogP contribution in [-0.2, 0) is 11.3 Å². The third-order valence-electron chi connectivity index (χ3n) is 5.57. The minimum absolute atomic E-state index is 0.176. The fourth-order valence-electron chi connectivity index (χ4n) is 3.88. The highest BCUT2D eigenvalue weighted by atomic mass is 16.6. The van der Waals surface area contributed by atoms with Crippen molar-refractivity contribution in [3.8, 4) is 11.5 Å². The van der Waals surface area contributed by atoms with Crippen molar-refractivity contribution in [3.63, 3.8) is 0 Å². The van der Waals surface area contributed by atoms with E-state index in [1.54, 1.807) is 0 Å². The van der Waals surface area contributed by atoms with E-state index in [1.807, 2.05) is 36.1 Å². The van der Waals surface area contributed by atoms with Gasteiger partial charge in [-0.05, 0) is 36.8 Å². The number of rotatable bonds is 6. The van der Waals surface area contributed by atoms with E-state index in [0.29, 0.717) is 32.8 Å². The fourth-order valence-corrected chi connectivity index (χ4v) is 3.88. The van der Waals surface area contributed by atoms with Crippen LogP contribution in [-0.4, -0.2) is 68.2 Å². The maximum absolute atomic E-state index is 12.9. The van der Waals surface area contributed by atoms with Crippen molar-refractivity contribution in [2.45, 2.75) is 13.5 Å². The molecule has 1 saturated heterocycles. The Labute approximate surface area is 172 Å². The van der Waals surface area contributed by atoms with Crippen LogP contribution >= 0.6 is 0 Å². The van der Waals surface area contributed by atoms with Gasteiger partial charge in [-0.25, -0.2) is 0 Å². The van der Waals surface area contributed by atoms with Crippen LogP contribution in [0.15, 0.2) is 48.5 Å². The van der Waals surface area contributed by atoms with E-state index >= 15 is 0 Å². The van der Waals surface area contributed by atoms with Crippen LogP contribution in [0.25, 0.3) is 0 Å². The first kappa shape index (κ1) is 19.6. The lowest BCUT2D eigenvalue weighted by Crippen LogP contribution is -2.50. The minimum atomic E-state index is 0.176. The molecule has 0 saturated carbocycles. The number of likely N-dealkylation sites (N-methyl/N-ethyl adjacent to an activating group) is 1. The summed E-state index contributed by atoms with van der Waals surface area (Å²) in [6, 6.07) is 16.4. The number of hydrogen-bond donors (Lipinski definition) is 0. The number of amides is 1. The molecular formula is C23H29N3O3. The fraction of sp³-hybridized carbons (Fsp3) is 0.435. The molecule has 6 heteroatoms. The number of hydrogen-bond acceptors (Lipinski definition) is 5. The van der Waals surface area contributed by atoms with Gasteiger partial charge in [-0.1, -0.05) is 24.3 Å².